The van der Waals surface area contributed by atoms with Crippen LogP contribution in [0.4, 0.5) is 11.5 Å². The summed E-state index contributed by atoms with van der Waals surface area (Å²) in [5, 5.41) is 2.60. The van der Waals surface area contributed by atoms with Crippen molar-refractivity contribution in [3.63, 3.8) is 0 Å². The average molecular weight is 293 g/mol. The number of nitrogens with two attached hydrogens (primary N) is 2. The molecule has 0 bridgehead atoms. The molecule has 0 saturated carbocycles. The van der Waals surface area contributed by atoms with Crippen LogP contribution in [0.25, 0.3) is 0 Å². The van der Waals surface area contributed by atoms with Crippen molar-refractivity contribution in [2.45, 2.75) is 12.5 Å². The van der Waals surface area contributed by atoms with Gasteiger partial charge in [0.1, 0.15) is 5.82 Å². The zero-order chi connectivity index (χ0) is 15.2. The molecule has 8 heteroatoms. The predicted molar refractivity (Wildman–Crippen MR) is 77.7 cm³/mol. The van der Waals surface area contributed by atoms with Crippen LogP contribution in [0.2, 0.25) is 0 Å². The molecule has 0 radical (unpaired) electrons. The maximum absolute atomic E-state index is 11.7. The molecule has 1 unspecified atom stereocenters. The van der Waals surface area contributed by atoms with Crippen molar-refractivity contribution in [2.24, 2.45) is 11.5 Å². The van der Waals surface area contributed by atoms with E-state index in [-0.39, 0.29) is 6.42 Å². The van der Waals surface area contributed by atoms with E-state index in [1.165, 1.54) is 0 Å². The number of rotatable bonds is 5. The number of ether oxygens (including phenoxy) is 1. The van der Waals surface area contributed by atoms with E-state index < -0.39 is 17.9 Å². The van der Waals surface area contributed by atoms with Crippen molar-refractivity contribution in [1.29, 1.82) is 0 Å². The molecule has 2 rings (SSSR count). The van der Waals surface area contributed by atoms with Crippen molar-refractivity contribution < 1.29 is 14.3 Å². The second-order valence-corrected chi connectivity index (χ2v) is 4.77. The minimum atomic E-state index is -0.957. The lowest BCUT2D eigenvalue weighted by Gasteiger charge is -2.27. The summed E-state index contributed by atoms with van der Waals surface area (Å²) in [6.07, 6.45) is 1.37. The average Bonchev–Trinajstić information content (AvgIpc) is 2.48. The van der Waals surface area contributed by atoms with E-state index >= 15 is 0 Å². The molecule has 1 fully saturated rings. The first-order valence-corrected chi connectivity index (χ1v) is 6.70. The van der Waals surface area contributed by atoms with Gasteiger partial charge < -0.3 is 26.4 Å². The topological polar surface area (TPSA) is 124 Å². The molecule has 1 aliphatic heterocycles. The molecule has 5 N–H and O–H groups in total. The molecule has 1 atom stereocenters. The second-order valence-electron chi connectivity index (χ2n) is 4.77. The number of hydrogen-bond acceptors (Lipinski definition) is 6. The van der Waals surface area contributed by atoms with Gasteiger partial charge in [0.25, 0.3) is 0 Å². The third-order valence-corrected chi connectivity index (χ3v) is 3.11. The molecule has 21 heavy (non-hydrogen) atoms. The summed E-state index contributed by atoms with van der Waals surface area (Å²) in [4.78, 5) is 28.9. The van der Waals surface area contributed by atoms with E-state index in [9.17, 15) is 9.59 Å². The standard InChI is InChI=1S/C13H19N5O3/c14-10(7-11(15)19)13(20)17-9-1-2-12(16-8-9)18-3-5-21-6-4-18/h1-2,8,10H,3-7,14H2,(H2,15,19)(H,17,20). The zero-order valence-corrected chi connectivity index (χ0v) is 11.6. The van der Waals surface area contributed by atoms with Gasteiger partial charge in [0.2, 0.25) is 11.8 Å². The number of carbonyl (C=O) groups is 2. The lowest BCUT2D eigenvalue weighted by atomic mass is 10.2. The van der Waals surface area contributed by atoms with E-state index in [0.29, 0.717) is 18.9 Å². The monoisotopic (exact) mass is 293 g/mol. The van der Waals surface area contributed by atoms with Gasteiger partial charge in [-0.2, -0.15) is 0 Å². The normalized spacial score (nSPS) is 16.3. The predicted octanol–water partition coefficient (Wildman–Crippen LogP) is -0.941. The molecular formula is C13H19N5O3. The van der Waals surface area contributed by atoms with Crippen molar-refractivity contribution in [2.75, 3.05) is 36.5 Å². The van der Waals surface area contributed by atoms with Gasteiger partial charge in [-0.3, -0.25) is 9.59 Å². The first-order valence-electron chi connectivity index (χ1n) is 6.70. The Hall–Kier alpha value is -2.19. The van der Waals surface area contributed by atoms with Gasteiger partial charge in [0.05, 0.1) is 37.6 Å². The third-order valence-electron chi connectivity index (χ3n) is 3.11. The van der Waals surface area contributed by atoms with Crippen molar-refractivity contribution in [3.8, 4) is 0 Å². The smallest absolute Gasteiger partial charge is 0.241 e. The van der Waals surface area contributed by atoms with Crippen LogP contribution in [0.15, 0.2) is 18.3 Å². The van der Waals surface area contributed by atoms with Gasteiger partial charge in [0, 0.05) is 13.1 Å². The van der Waals surface area contributed by atoms with Gasteiger partial charge in [-0.1, -0.05) is 0 Å². The Balaban J connectivity index is 1.92. The Morgan fingerprint density at radius 3 is 2.67 bits per heavy atom. The van der Waals surface area contributed by atoms with Crippen LogP contribution in [0, 0.1) is 0 Å². The molecular weight excluding hydrogens is 274 g/mol. The molecule has 1 saturated heterocycles. The molecule has 114 valence electrons. The number of carbonyl (C=O) groups excluding carboxylic acids is 2. The van der Waals surface area contributed by atoms with Gasteiger partial charge in [-0.25, -0.2) is 4.98 Å². The fourth-order valence-electron chi connectivity index (χ4n) is 1.98. The van der Waals surface area contributed by atoms with Crippen LogP contribution in [0.5, 0.6) is 0 Å². The lowest BCUT2D eigenvalue weighted by Crippen LogP contribution is -2.39. The maximum atomic E-state index is 11.7. The third kappa shape index (κ3) is 4.40. The fraction of sp³-hybridized carbons (Fsp3) is 0.462. The molecule has 0 aliphatic carbocycles. The number of amides is 2. The molecule has 1 aliphatic rings. The summed E-state index contributed by atoms with van der Waals surface area (Å²) in [6.45, 7) is 2.95. The molecule has 1 aromatic heterocycles. The van der Waals surface area contributed by atoms with Gasteiger partial charge in [0.15, 0.2) is 0 Å². The van der Waals surface area contributed by atoms with Crippen LogP contribution in [-0.2, 0) is 14.3 Å². The summed E-state index contributed by atoms with van der Waals surface area (Å²) in [5.41, 5.74) is 11.1. The summed E-state index contributed by atoms with van der Waals surface area (Å²) >= 11 is 0. The summed E-state index contributed by atoms with van der Waals surface area (Å²) in [6, 6.07) is 2.61. The SMILES string of the molecule is NC(=O)CC(N)C(=O)Nc1ccc(N2CCOCC2)nc1. The Morgan fingerprint density at radius 1 is 1.38 bits per heavy atom. The summed E-state index contributed by atoms with van der Waals surface area (Å²) in [5.74, 6) is -0.245. The number of nitrogens with zero attached hydrogens (tertiary/aromatic N) is 2. The zero-order valence-electron chi connectivity index (χ0n) is 11.6. The van der Waals surface area contributed by atoms with Crippen LogP contribution < -0.4 is 21.7 Å². The highest BCUT2D eigenvalue weighted by Crippen LogP contribution is 2.15. The first kappa shape index (κ1) is 15.2. The van der Waals surface area contributed by atoms with Gasteiger partial charge in [-0.15, -0.1) is 0 Å². The van der Waals surface area contributed by atoms with E-state index in [0.717, 1.165) is 18.9 Å². The molecule has 8 nitrogen and oxygen atoms in total. The van der Waals surface area contributed by atoms with Crippen LogP contribution >= 0.6 is 0 Å². The number of pyridine rings is 1. The molecule has 0 aromatic carbocycles. The van der Waals surface area contributed by atoms with Gasteiger partial charge >= 0.3 is 0 Å². The minimum absolute atomic E-state index is 0.189. The summed E-state index contributed by atoms with van der Waals surface area (Å²) in [7, 11) is 0. The van der Waals surface area contributed by atoms with Crippen LogP contribution in [-0.4, -0.2) is 49.1 Å². The second kappa shape index (κ2) is 7.00. The van der Waals surface area contributed by atoms with E-state index in [4.69, 9.17) is 16.2 Å². The molecule has 2 heterocycles. The number of primary amides is 1. The highest BCUT2D eigenvalue weighted by atomic mass is 16.5. The maximum Gasteiger partial charge on any atom is 0.241 e. The molecule has 0 spiro atoms. The first-order chi connectivity index (χ1) is 10.1. The summed E-state index contributed by atoms with van der Waals surface area (Å²) < 4.78 is 5.28. The molecule has 1 aromatic rings. The van der Waals surface area contributed by atoms with Crippen molar-refractivity contribution >= 4 is 23.3 Å². The van der Waals surface area contributed by atoms with Crippen LogP contribution in [0.1, 0.15) is 6.42 Å². The van der Waals surface area contributed by atoms with Crippen molar-refractivity contribution in [3.05, 3.63) is 18.3 Å². The molecule has 2 amide bonds. The Bertz CT molecular complexity index is 499. The van der Waals surface area contributed by atoms with E-state index in [1.54, 1.807) is 12.3 Å². The number of anilines is 2. The Labute approximate surface area is 122 Å². The van der Waals surface area contributed by atoms with Crippen molar-refractivity contribution in [1.82, 2.24) is 4.98 Å². The lowest BCUT2D eigenvalue weighted by molar-refractivity contribution is -0.123. The Kier molecular flexibility index (Phi) is 5.07. The quantitative estimate of drug-likeness (QED) is 0.643. The minimum Gasteiger partial charge on any atom is -0.378 e. The largest absolute Gasteiger partial charge is 0.378 e. The van der Waals surface area contributed by atoms with E-state index in [1.807, 2.05) is 6.07 Å². The number of hydrogen-bond donors (Lipinski definition) is 3. The number of aromatic nitrogens is 1. The highest BCUT2D eigenvalue weighted by molar-refractivity contribution is 5.97. The van der Waals surface area contributed by atoms with Crippen LogP contribution in [0.3, 0.4) is 0 Å². The number of nitrogens with one attached hydrogen (secondary N) is 1. The highest BCUT2D eigenvalue weighted by Gasteiger charge is 2.17. The Morgan fingerprint density at radius 2 is 2.10 bits per heavy atom. The van der Waals surface area contributed by atoms with E-state index in [2.05, 4.69) is 15.2 Å². The van der Waals surface area contributed by atoms with Gasteiger partial charge in [-0.05, 0) is 12.1 Å². The fourth-order valence-corrected chi connectivity index (χ4v) is 1.98. The number of morpholine rings is 1.